The lowest BCUT2D eigenvalue weighted by Gasteiger charge is -2.17. The predicted molar refractivity (Wildman–Crippen MR) is 65.8 cm³/mol. The van der Waals surface area contributed by atoms with Crippen molar-refractivity contribution in [1.29, 1.82) is 0 Å². The summed E-state index contributed by atoms with van der Waals surface area (Å²) in [5, 5.41) is 0. The minimum atomic E-state index is -4.69. The Kier molecular flexibility index (Phi) is 5.20. The molecule has 1 aromatic carbocycles. The summed E-state index contributed by atoms with van der Waals surface area (Å²) < 4.78 is 45.8. The SMILES string of the molecule is Cc1cc(CO[C@@H](C)[C@@H](C)N)cc(OC(F)(F)F)c1. The average Bonchev–Trinajstić information content (AvgIpc) is 2.22. The molecule has 0 aliphatic carbocycles. The molecule has 3 nitrogen and oxygen atoms in total. The summed E-state index contributed by atoms with van der Waals surface area (Å²) in [6.07, 6.45) is -4.86. The largest absolute Gasteiger partial charge is 0.573 e. The number of hydrogen-bond acceptors (Lipinski definition) is 3. The molecule has 19 heavy (non-hydrogen) atoms. The van der Waals surface area contributed by atoms with Gasteiger partial charge < -0.3 is 15.2 Å². The Morgan fingerprint density at radius 2 is 1.84 bits per heavy atom. The molecule has 0 saturated carbocycles. The lowest BCUT2D eigenvalue weighted by atomic mass is 10.1. The van der Waals surface area contributed by atoms with Gasteiger partial charge in [-0.1, -0.05) is 6.07 Å². The van der Waals surface area contributed by atoms with E-state index in [0.29, 0.717) is 11.1 Å². The Bertz CT molecular complexity index is 419. The molecule has 2 N–H and O–H groups in total. The van der Waals surface area contributed by atoms with Gasteiger partial charge in [0.1, 0.15) is 5.75 Å². The number of hydrogen-bond donors (Lipinski definition) is 1. The van der Waals surface area contributed by atoms with Crippen LogP contribution in [0.5, 0.6) is 5.75 Å². The van der Waals surface area contributed by atoms with E-state index in [4.69, 9.17) is 10.5 Å². The van der Waals surface area contributed by atoms with Crippen LogP contribution < -0.4 is 10.5 Å². The first kappa shape index (κ1) is 15.8. The zero-order valence-electron chi connectivity index (χ0n) is 11.1. The summed E-state index contributed by atoms with van der Waals surface area (Å²) in [7, 11) is 0. The van der Waals surface area contributed by atoms with Crippen molar-refractivity contribution in [2.75, 3.05) is 0 Å². The molecular formula is C13H18F3NO2. The zero-order valence-corrected chi connectivity index (χ0v) is 11.1. The molecule has 0 aromatic heterocycles. The second-order valence-corrected chi connectivity index (χ2v) is 4.58. The van der Waals surface area contributed by atoms with Gasteiger partial charge in [0.15, 0.2) is 0 Å². The van der Waals surface area contributed by atoms with E-state index in [1.807, 2.05) is 6.92 Å². The van der Waals surface area contributed by atoms with E-state index in [-0.39, 0.29) is 24.5 Å². The molecule has 0 bridgehead atoms. The fourth-order valence-corrected chi connectivity index (χ4v) is 1.48. The van der Waals surface area contributed by atoms with Gasteiger partial charge in [0.2, 0.25) is 0 Å². The Hall–Kier alpha value is -1.27. The molecular weight excluding hydrogens is 259 g/mol. The highest BCUT2D eigenvalue weighted by molar-refractivity contribution is 5.33. The van der Waals surface area contributed by atoms with Gasteiger partial charge in [0.05, 0.1) is 12.7 Å². The van der Waals surface area contributed by atoms with Crippen LogP contribution >= 0.6 is 0 Å². The van der Waals surface area contributed by atoms with Crippen LogP contribution in [0.25, 0.3) is 0 Å². The van der Waals surface area contributed by atoms with Crippen LogP contribution in [-0.4, -0.2) is 18.5 Å². The van der Waals surface area contributed by atoms with Gasteiger partial charge in [0.25, 0.3) is 0 Å². The fraction of sp³-hybridized carbons (Fsp3) is 0.538. The minimum absolute atomic E-state index is 0.143. The van der Waals surface area contributed by atoms with Crippen molar-refractivity contribution in [2.45, 2.75) is 45.9 Å². The molecule has 0 aliphatic heterocycles. The number of halogens is 3. The quantitative estimate of drug-likeness (QED) is 0.899. The number of alkyl halides is 3. The first-order valence-electron chi connectivity index (χ1n) is 5.91. The molecule has 0 fully saturated rings. The number of nitrogens with two attached hydrogens (primary N) is 1. The molecule has 0 saturated heterocycles. The molecule has 0 unspecified atom stereocenters. The van der Waals surface area contributed by atoms with Gasteiger partial charge in [-0.05, 0) is 44.0 Å². The van der Waals surface area contributed by atoms with Crippen LogP contribution in [0.3, 0.4) is 0 Å². The maximum Gasteiger partial charge on any atom is 0.573 e. The molecule has 0 heterocycles. The highest BCUT2D eigenvalue weighted by atomic mass is 19.4. The maximum absolute atomic E-state index is 12.2. The molecule has 0 amide bonds. The molecule has 1 rings (SSSR count). The topological polar surface area (TPSA) is 44.5 Å². The van der Waals surface area contributed by atoms with E-state index in [0.717, 1.165) is 0 Å². The van der Waals surface area contributed by atoms with Crippen molar-refractivity contribution in [3.05, 3.63) is 29.3 Å². The number of benzene rings is 1. The van der Waals surface area contributed by atoms with E-state index in [9.17, 15) is 13.2 Å². The van der Waals surface area contributed by atoms with E-state index in [2.05, 4.69) is 4.74 Å². The van der Waals surface area contributed by atoms with Crippen LogP contribution in [0, 0.1) is 6.92 Å². The summed E-state index contributed by atoms with van der Waals surface area (Å²) in [6, 6.07) is 4.24. The van der Waals surface area contributed by atoms with Crippen LogP contribution in [-0.2, 0) is 11.3 Å². The summed E-state index contributed by atoms with van der Waals surface area (Å²) >= 11 is 0. The molecule has 0 spiro atoms. The lowest BCUT2D eigenvalue weighted by molar-refractivity contribution is -0.274. The van der Waals surface area contributed by atoms with Gasteiger partial charge in [-0.2, -0.15) is 0 Å². The van der Waals surface area contributed by atoms with Gasteiger partial charge in [0, 0.05) is 6.04 Å². The van der Waals surface area contributed by atoms with Crippen LogP contribution in [0.2, 0.25) is 0 Å². The molecule has 6 heteroatoms. The number of aryl methyl sites for hydroxylation is 1. The van der Waals surface area contributed by atoms with E-state index >= 15 is 0 Å². The standard InChI is InChI=1S/C13H18F3NO2/c1-8-4-11(7-18-10(3)9(2)17)6-12(5-8)19-13(14,15)16/h4-6,9-10H,7,17H2,1-3H3/t9-,10+/m1/s1. The Morgan fingerprint density at radius 3 is 2.37 bits per heavy atom. The smallest absolute Gasteiger partial charge is 0.406 e. The van der Waals surface area contributed by atoms with E-state index < -0.39 is 6.36 Å². The van der Waals surface area contributed by atoms with Crippen LogP contribution in [0.1, 0.15) is 25.0 Å². The first-order chi connectivity index (χ1) is 8.67. The minimum Gasteiger partial charge on any atom is -0.406 e. The number of rotatable bonds is 5. The van der Waals surface area contributed by atoms with Crippen molar-refractivity contribution in [3.63, 3.8) is 0 Å². The third-order valence-corrected chi connectivity index (χ3v) is 2.60. The second-order valence-electron chi connectivity index (χ2n) is 4.58. The summed E-state index contributed by atoms with van der Waals surface area (Å²) in [5.74, 6) is -0.237. The third-order valence-electron chi connectivity index (χ3n) is 2.60. The van der Waals surface area contributed by atoms with Crippen molar-refractivity contribution in [1.82, 2.24) is 0 Å². The molecule has 0 radical (unpaired) electrons. The summed E-state index contributed by atoms with van der Waals surface area (Å²) in [5.41, 5.74) is 6.94. The van der Waals surface area contributed by atoms with Crippen molar-refractivity contribution in [3.8, 4) is 5.75 Å². The second kappa shape index (κ2) is 6.25. The zero-order chi connectivity index (χ0) is 14.6. The Labute approximate surface area is 110 Å². The summed E-state index contributed by atoms with van der Waals surface area (Å²) in [4.78, 5) is 0. The maximum atomic E-state index is 12.2. The molecule has 0 aliphatic rings. The summed E-state index contributed by atoms with van der Waals surface area (Å²) in [6.45, 7) is 5.51. The third kappa shape index (κ3) is 5.94. The van der Waals surface area contributed by atoms with Crippen LogP contribution in [0.4, 0.5) is 13.2 Å². The number of ether oxygens (including phenoxy) is 2. The fourth-order valence-electron chi connectivity index (χ4n) is 1.48. The Balaban J connectivity index is 2.74. The predicted octanol–water partition coefficient (Wildman–Crippen LogP) is 3.15. The van der Waals surface area contributed by atoms with Crippen LogP contribution in [0.15, 0.2) is 18.2 Å². The molecule has 2 atom stereocenters. The van der Waals surface area contributed by atoms with E-state index in [1.54, 1.807) is 19.9 Å². The molecule has 1 aromatic rings. The first-order valence-corrected chi connectivity index (χ1v) is 5.91. The highest BCUT2D eigenvalue weighted by Gasteiger charge is 2.31. The van der Waals surface area contributed by atoms with E-state index in [1.165, 1.54) is 12.1 Å². The van der Waals surface area contributed by atoms with Crippen molar-refractivity contribution in [2.24, 2.45) is 5.73 Å². The lowest BCUT2D eigenvalue weighted by Crippen LogP contribution is -2.31. The van der Waals surface area contributed by atoms with Gasteiger partial charge in [-0.25, -0.2) is 0 Å². The van der Waals surface area contributed by atoms with Gasteiger partial charge in [-0.3, -0.25) is 0 Å². The normalized spacial score (nSPS) is 15.1. The van der Waals surface area contributed by atoms with Gasteiger partial charge >= 0.3 is 6.36 Å². The molecule has 108 valence electrons. The van der Waals surface area contributed by atoms with Gasteiger partial charge in [-0.15, -0.1) is 13.2 Å². The van der Waals surface area contributed by atoms with Crippen molar-refractivity contribution < 1.29 is 22.6 Å². The Morgan fingerprint density at radius 1 is 1.21 bits per heavy atom. The highest BCUT2D eigenvalue weighted by Crippen LogP contribution is 2.25. The van der Waals surface area contributed by atoms with Crippen molar-refractivity contribution >= 4 is 0 Å². The monoisotopic (exact) mass is 277 g/mol. The average molecular weight is 277 g/mol.